The lowest BCUT2D eigenvalue weighted by atomic mass is 9.98. The van der Waals surface area contributed by atoms with Crippen molar-refractivity contribution in [2.45, 2.75) is 24.5 Å². The van der Waals surface area contributed by atoms with Gasteiger partial charge in [0, 0.05) is 40.6 Å². The number of para-hydroxylation sites is 4. The highest BCUT2D eigenvalue weighted by atomic mass is 15.4. The average Bonchev–Trinajstić information content (AvgIpc) is 3.56. The van der Waals surface area contributed by atoms with Crippen molar-refractivity contribution in [2.75, 3.05) is 9.80 Å². The molecule has 190 valence electrons. The summed E-state index contributed by atoms with van der Waals surface area (Å²) in [5.41, 5.74) is 6.98. The van der Waals surface area contributed by atoms with Gasteiger partial charge in [-0.3, -0.25) is 0 Å². The summed E-state index contributed by atoms with van der Waals surface area (Å²) in [6.07, 6.45) is 16.0. The van der Waals surface area contributed by atoms with Gasteiger partial charge in [0.05, 0.1) is 6.04 Å². The van der Waals surface area contributed by atoms with E-state index >= 15 is 0 Å². The second-order valence-electron chi connectivity index (χ2n) is 10.2. The molecule has 2 unspecified atom stereocenters. The van der Waals surface area contributed by atoms with Gasteiger partial charge in [-0.25, -0.2) is 0 Å². The Hall–Kier alpha value is -4.76. The summed E-state index contributed by atoms with van der Waals surface area (Å²) in [6.45, 7) is 0. The van der Waals surface area contributed by atoms with Crippen LogP contribution in [0.15, 0.2) is 169 Å². The Kier molecular flexibility index (Phi) is 5.90. The lowest BCUT2D eigenvalue weighted by molar-refractivity contribution is 0.286. The predicted molar refractivity (Wildman–Crippen MR) is 162 cm³/mol. The molecule has 3 nitrogen and oxygen atoms in total. The number of benzene rings is 4. The Morgan fingerprint density at radius 2 is 1.05 bits per heavy atom. The van der Waals surface area contributed by atoms with Crippen molar-refractivity contribution in [1.82, 2.24) is 4.90 Å². The number of anilines is 4. The zero-order valence-electron chi connectivity index (χ0n) is 21.8. The highest BCUT2D eigenvalue weighted by Crippen LogP contribution is 2.50. The molecule has 3 heteroatoms. The Bertz CT molecular complexity index is 1480. The van der Waals surface area contributed by atoms with E-state index in [9.17, 15) is 0 Å². The molecule has 4 aromatic rings. The molecule has 0 amide bonds. The van der Waals surface area contributed by atoms with Crippen molar-refractivity contribution >= 4 is 22.7 Å². The smallest absolute Gasteiger partial charge is 0.145 e. The Morgan fingerprint density at radius 1 is 0.564 bits per heavy atom. The standard InChI is InChI=1S/C36H31N3/c1-5-13-29(14-6-1)37(30-15-7-2-8-16-30)31-21-23-34(24-22-31)39-35-25-27-36(39,28-26-35)38(32-17-9-3-10-18-32)33-19-11-4-12-20-33/h1-21,23-27,31H,22,28H2. The van der Waals surface area contributed by atoms with Gasteiger partial charge in [0.15, 0.2) is 0 Å². The van der Waals surface area contributed by atoms with E-state index in [1.807, 2.05) is 0 Å². The van der Waals surface area contributed by atoms with Gasteiger partial charge in [-0.05, 0) is 73.2 Å². The predicted octanol–water partition coefficient (Wildman–Crippen LogP) is 8.73. The van der Waals surface area contributed by atoms with Crippen molar-refractivity contribution in [1.29, 1.82) is 0 Å². The first kappa shape index (κ1) is 23.4. The van der Waals surface area contributed by atoms with Crippen molar-refractivity contribution in [2.24, 2.45) is 0 Å². The third kappa shape index (κ3) is 4.07. The third-order valence-electron chi connectivity index (χ3n) is 7.91. The van der Waals surface area contributed by atoms with Crippen molar-refractivity contribution in [3.63, 3.8) is 0 Å². The third-order valence-corrected chi connectivity index (χ3v) is 7.91. The van der Waals surface area contributed by atoms with Crippen LogP contribution in [-0.2, 0) is 0 Å². The van der Waals surface area contributed by atoms with E-state index in [1.165, 1.54) is 34.1 Å². The van der Waals surface area contributed by atoms with Crippen molar-refractivity contribution < 1.29 is 0 Å². The molecule has 0 saturated heterocycles. The molecule has 7 rings (SSSR count). The SMILES string of the molecule is C1=CC(N(c2ccccc2)c2ccccc2)CC=C1N1C2=CCC1(N(c1ccccc1)c1ccccc1)C=C2. The van der Waals surface area contributed by atoms with Crippen molar-refractivity contribution in [3.8, 4) is 0 Å². The van der Waals surface area contributed by atoms with Gasteiger partial charge in [0.25, 0.3) is 0 Å². The van der Waals surface area contributed by atoms with E-state index in [-0.39, 0.29) is 11.7 Å². The molecule has 0 fully saturated rings. The van der Waals surface area contributed by atoms with Crippen molar-refractivity contribution in [3.05, 3.63) is 169 Å². The highest BCUT2D eigenvalue weighted by molar-refractivity contribution is 5.70. The Balaban J connectivity index is 1.24. The molecule has 0 aromatic heterocycles. The van der Waals surface area contributed by atoms with Crippen LogP contribution in [0.2, 0.25) is 0 Å². The van der Waals surface area contributed by atoms with Crippen LogP contribution in [0.4, 0.5) is 22.7 Å². The summed E-state index contributed by atoms with van der Waals surface area (Å²) in [5.74, 6) is 0. The molecule has 3 aliphatic rings. The van der Waals surface area contributed by atoms with Crippen LogP contribution in [0.3, 0.4) is 0 Å². The fourth-order valence-electron chi connectivity index (χ4n) is 6.22. The number of fused-ring (bicyclic) bond motifs is 2. The molecule has 0 radical (unpaired) electrons. The molecule has 2 heterocycles. The Morgan fingerprint density at radius 3 is 1.49 bits per heavy atom. The van der Waals surface area contributed by atoms with Crippen LogP contribution in [-0.4, -0.2) is 16.6 Å². The van der Waals surface area contributed by atoms with Crippen LogP contribution >= 0.6 is 0 Å². The summed E-state index contributed by atoms with van der Waals surface area (Å²) >= 11 is 0. The molecule has 4 aromatic carbocycles. The van der Waals surface area contributed by atoms with Gasteiger partial charge in [0.2, 0.25) is 0 Å². The highest BCUT2D eigenvalue weighted by Gasteiger charge is 2.49. The minimum Gasteiger partial charge on any atom is -0.334 e. The maximum absolute atomic E-state index is 2.52. The molecule has 1 aliphatic carbocycles. The number of hydrogen-bond donors (Lipinski definition) is 0. The van der Waals surface area contributed by atoms with Crippen LogP contribution in [0.25, 0.3) is 0 Å². The summed E-state index contributed by atoms with van der Waals surface area (Å²) < 4.78 is 0. The van der Waals surface area contributed by atoms with Gasteiger partial charge in [-0.1, -0.05) is 91.0 Å². The number of allylic oxidation sites excluding steroid dienone is 2. The lowest BCUT2D eigenvalue weighted by Crippen LogP contribution is -2.52. The Labute approximate surface area is 230 Å². The fourth-order valence-corrected chi connectivity index (χ4v) is 6.22. The summed E-state index contributed by atoms with van der Waals surface area (Å²) in [5, 5.41) is 0. The van der Waals surface area contributed by atoms with Crippen LogP contribution in [0.5, 0.6) is 0 Å². The second-order valence-corrected chi connectivity index (χ2v) is 10.2. The molecule has 2 atom stereocenters. The molecule has 0 saturated carbocycles. The molecule has 2 aliphatic heterocycles. The van der Waals surface area contributed by atoms with E-state index in [0.29, 0.717) is 0 Å². The van der Waals surface area contributed by atoms with Gasteiger partial charge in [-0.2, -0.15) is 0 Å². The van der Waals surface area contributed by atoms with E-state index < -0.39 is 0 Å². The normalized spacial score (nSPS) is 21.0. The van der Waals surface area contributed by atoms with Gasteiger partial charge in [-0.15, -0.1) is 0 Å². The first-order valence-electron chi connectivity index (χ1n) is 13.7. The molecule has 0 N–H and O–H groups in total. The summed E-state index contributed by atoms with van der Waals surface area (Å²) in [7, 11) is 0. The monoisotopic (exact) mass is 505 g/mol. The minimum atomic E-state index is -0.320. The van der Waals surface area contributed by atoms with Crippen LogP contribution < -0.4 is 9.80 Å². The van der Waals surface area contributed by atoms with E-state index in [2.05, 4.69) is 172 Å². The first-order valence-corrected chi connectivity index (χ1v) is 13.7. The summed E-state index contributed by atoms with van der Waals surface area (Å²) in [4.78, 5) is 7.45. The zero-order valence-corrected chi connectivity index (χ0v) is 21.8. The molecular formula is C36H31N3. The van der Waals surface area contributed by atoms with Crippen LogP contribution in [0.1, 0.15) is 12.8 Å². The quantitative estimate of drug-likeness (QED) is 0.249. The number of nitrogens with zero attached hydrogens (tertiary/aromatic N) is 3. The zero-order chi connectivity index (χ0) is 26.1. The number of rotatable bonds is 7. The van der Waals surface area contributed by atoms with Gasteiger partial charge < -0.3 is 14.7 Å². The van der Waals surface area contributed by atoms with Crippen LogP contribution in [0, 0.1) is 0 Å². The summed E-state index contributed by atoms with van der Waals surface area (Å²) in [6, 6.07) is 43.2. The average molecular weight is 506 g/mol. The minimum absolute atomic E-state index is 0.232. The maximum atomic E-state index is 2.52. The largest absolute Gasteiger partial charge is 0.334 e. The molecule has 2 bridgehead atoms. The van der Waals surface area contributed by atoms with E-state index in [1.54, 1.807) is 0 Å². The van der Waals surface area contributed by atoms with Gasteiger partial charge in [0.1, 0.15) is 5.66 Å². The van der Waals surface area contributed by atoms with E-state index in [4.69, 9.17) is 0 Å². The second kappa shape index (κ2) is 9.85. The first-order chi connectivity index (χ1) is 19.3. The van der Waals surface area contributed by atoms with E-state index in [0.717, 1.165) is 12.8 Å². The fraction of sp³-hybridized carbons (Fsp3) is 0.111. The molecule has 39 heavy (non-hydrogen) atoms. The molecular weight excluding hydrogens is 474 g/mol. The topological polar surface area (TPSA) is 9.72 Å². The molecule has 0 spiro atoms. The maximum Gasteiger partial charge on any atom is 0.145 e. The number of hydrogen-bond acceptors (Lipinski definition) is 3. The lowest BCUT2D eigenvalue weighted by Gasteiger charge is -2.47. The van der Waals surface area contributed by atoms with Gasteiger partial charge >= 0.3 is 0 Å².